The van der Waals surface area contributed by atoms with Crippen LogP contribution in [0.2, 0.25) is 0 Å². The molecular formula is C25H24N2O6. The second-order valence-electron chi connectivity index (χ2n) is 8.67. The fourth-order valence-corrected chi connectivity index (χ4v) is 4.76. The molecule has 1 amide bonds. The average molecular weight is 448 g/mol. The summed E-state index contributed by atoms with van der Waals surface area (Å²) < 4.78 is 27.3. The van der Waals surface area contributed by atoms with Gasteiger partial charge >= 0.3 is 0 Å². The molecule has 0 spiro atoms. The molecule has 0 saturated carbocycles. The van der Waals surface area contributed by atoms with Crippen LogP contribution in [-0.4, -0.2) is 42.6 Å². The zero-order chi connectivity index (χ0) is 22.4. The number of aromatic nitrogens is 1. The fourth-order valence-electron chi connectivity index (χ4n) is 4.76. The van der Waals surface area contributed by atoms with E-state index in [-0.39, 0.29) is 19.5 Å². The molecule has 3 aromatic rings. The van der Waals surface area contributed by atoms with E-state index in [1.807, 2.05) is 29.2 Å². The lowest BCUT2D eigenvalue weighted by molar-refractivity contribution is 0.0690. The van der Waals surface area contributed by atoms with Crippen molar-refractivity contribution in [1.82, 2.24) is 10.1 Å². The number of carbonyl (C=O) groups excluding carboxylic acids is 1. The number of rotatable bonds is 4. The molecule has 1 saturated heterocycles. The molecule has 0 bridgehead atoms. The van der Waals surface area contributed by atoms with Crippen molar-refractivity contribution >= 4 is 5.91 Å². The maximum absolute atomic E-state index is 13.4. The van der Waals surface area contributed by atoms with E-state index >= 15 is 0 Å². The normalized spacial score (nSPS) is 16.9. The van der Waals surface area contributed by atoms with Gasteiger partial charge in [0, 0.05) is 18.7 Å². The van der Waals surface area contributed by atoms with Crippen LogP contribution in [0.1, 0.15) is 34.5 Å². The monoisotopic (exact) mass is 448 g/mol. The van der Waals surface area contributed by atoms with Crippen LogP contribution in [0.25, 0.3) is 11.3 Å². The third-order valence-corrected chi connectivity index (χ3v) is 6.57. The van der Waals surface area contributed by atoms with Gasteiger partial charge in [0.05, 0.1) is 5.69 Å². The Morgan fingerprint density at radius 1 is 0.939 bits per heavy atom. The summed E-state index contributed by atoms with van der Waals surface area (Å²) in [6, 6.07) is 11.7. The van der Waals surface area contributed by atoms with E-state index in [1.165, 1.54) is 5.56 Å². The molecule has 3 aliphatic rings. The molecule has 6 rings (SSSR count). The van der Waals surface area contributed by atoms with Gasteiger partial charge in [-0.3, -0.25) is 4.79 Å². The number of carbonyl (C=O) groups is 1. The van der Waals surface area contributed by atoms with Gasteiger partial charge in [-0.05, 0) is 68.0 Å². The van der Waals surface area contributed by atoms with Gasteiger partial charge in [-0.25, -0.2) is 0 Å². The summed E-state index contributed by atoms with van der Waals surface area (Å²) in [6.07, 6.45) is 2.86. The van der Waals surface area contributed by atoms with Gasteiger partial charge in [0.2, 0.25) is 13.6 Å². The first-order valence-electron chi connectivity index (χ1n) is 11.2. The van der Waals surface area contributed by atoms with Gasteiger partial charge in [0.1, 0.15) is 5.56 Å². The fraction of sp³-hybridized carbons (Fsp3) is 0.360. The summed E-state index contributed by atoms with van der Waals surface area (Å²) in [5.41, 5.74) is 3.10. The molecule has 3 aliphatic heterocycles. The van der Waals surface area contributed by atoms with Gasteiger partial charge in [0.15, 0.2) is 28.8 Å². The molecule has 0 atom stereocenters. The van der Waals surface area contributed by atoms with Crippen LogP contribution < -0.4 is 18.9 Å². The predicted molar refractivity (Wildman–Crippen MR) is 118 cm³/mol. The van der Waals surface area contributed by atoms with Crippen LogP contribution in [0.5, 0.6) is 23.0 Å². The van der Waals surface area contributed by atoms with Crippen molar-refractivity contribution in [2.24, 2.45) is 5.92 Å². The quantitative estimate of drug-likeness (QED) is 0.591. The predicted octanol–water partition coefficient (Wildman–Crippen LogP) is 4.20. The summed E-state index contributed by atoms with van der Waals surface area (Å²) in [5, 5.41) is 4.09. The van der Waals surface area contributed by atoms with Crippen molar-refractivity contribution in [3.63, 3.8) is 0 Å². The summed E-state index contributed by atoms with van der Waals surface area (Å²) in [6.45, 7) is 3.70. The Balaban J connectivity index is 1.14. The lowest BCUT2D eigenvalue weighted by Crippen LogP contribution is -2.39. The van der Waals surface area contributed by atoms with E-state index < -0.39 is 0 Å². The molecular weight excluding hydrogens is 424 g/mol. The van der Waals surface area contributed by atoms with Gasteiger partial charge < -0.3 is 28.4 Å². The molecule has 0 aliphatic carbocycles. The number of fused-ring (bicyclic) bond motifs is 2. The SMILES string of the molecule is Cc1noc(-c2ccc3c(c2)OCO3)c1C(=O)N1CCC(Cc2ccc3c(c2)OCO3)CC1. The number of likely N-dealkylation sites (tertiary alicyclic amines) is 1. The van der Waals surface area contributed by atoms with E-state index in [4.69, 9.17) is 23.5 Å². The Labute approximate surface area is 191 Å². The van der Waals surface area contributed by atoms with Crippen molar-refractivity contribution in [2.75, 3.05) is 26.7 Å². The average Bonchev–Trinajstić information content (AvgIpc) is 3.57. The number of nitrogens with zero attached hydrogens (tertiary/aromatic N) is 2. The maximum Gasteiger partial charge on any atom is 0.259 e. The molecule has 0 radical (unpaired) electrons. The Morgan fingerprint density at radius 3 is 2.36 bits per heavy atom. The molecule has 0 N–H and O–H groups in total. The standard InChI is InChI=1S/C25H24N2O6/c1-15-23(24(33-26-15)18-3-5-20-22(12-18)32-14-30-20)25(28)27-8-6-16(7-9-27)10-17-2-4-19-21(11-17)31-13-29-19/h2-5,11-12,16H,6-10,13-14H2,1H3. The molecule has 33 heavy (non-hydrogen) atoms. The number of benzene rings is 2. The van der Waals surface area contributed by atoms with E-state index in [0.29, 0.717) is 47.5 Å². The lowest BCUT2D eigenvalue weighted by Gasteiger charge is -2.32. The molecule has 4 heterocycles. The van der Waals surface area contributed by atoms with E-state index in [2.05, 4.69) is 17.3 Å². The van der Waals surface area contributed by atoms with Gasteiger partial charge in [-0.15, -0.1) is 0 Å². The highest BCUT2D eigenvalue weighted by Gasteiger charge is 2.30. The minimum atomic E-state index is -0.0389. The highest BCUT2D eigenvalue weighted by atomic mass is 16.7. The Bertz CT molecular complexity index is 1210. The molecule has 1 fully saturated rings. The third kappa shape index (κ3) is 3.65. The van der Waals surface area contributed by atoms with Crippen LogP contribution >= 0.6 is 0 Å². The van der Waals surface area contributed by atoms with Crippen molar-refractivity contribution in [2.45, 2.75) is 26.2 Å². The number of piperidine rings is 1. The van der Waals surface area contributed by atoms with Crippen LogP contribution in [0.15, 0.2) is 40.9 Å². The van der Waals surface area contributed by atoms with Gasteiger partial charge in [-0.2, -0.15) is 0 Å². The van der Waals surface area contributed by atoms with Crippen molar-refractivity contribution in [3.8, 4) is 34.3 Å². The zero-order valence-electron chi connectivity index (χ0n) is 18.3. The minimum absolute atomic E-state index is 0.0389. The molecule has 0 unspecified atom stereocenters. The smallest absolute Gasteiger partial charge is 0.259 e. The van der Waals surface area contributed by atoms with Crippen molar-refractivity contribution < 1.29 is 28.3 Å². The summed E-state index contributed by atoms with van der Waals surface area (Å²) >= 11 is 0. The second kappa shape index (κ2) is 8.03. The Hall–Kier alpha value is -3.68. The molecule has 8 heteroatoms. The Kier molecular flexibility index (Phi) is 4.86. The summed E-state index contributed by atoms with van der Waals surface area (Å²) in [5.74, 6) is 3.91. The maximum atomic E-state index is 13.4. The first kappa shape index (κ1) is 20.0. The van der Waals surface area contributed by atoms with Gasteiger partial charge in [0.25, 0.3) is 5.91 Å². The molecule has 1 aromatic heterocycles. The molecule has 8 nitrogen and oxygen atoms in total. The van der Waals surface area contributed by atoms with E-state index in [0.717, 1.165) is 36.3 Å². The van der Waals surface area contributed by atoms with Crippen LogP contribution in [0.4, 0.5) is 0 Å². The number of hydrogen-bond acceptors (Lipinski definition) is 7. The van der Waals surface area contributed by atoms with Crippen molar-refractivity contribution in [1.29, 1.82) is 0 Å². The summed E-state index contributed by atoms with van der Waals surface area (Å²) in [4.78, 5) is 15.4. The number of amides is 1. The Morgan fingerprint density at radius 2 is 1.61 bits per heavy atom. The van der Waals surface area contributed by atoms with Gasteiger partial charge in [-0.1, -0.05) is 11.2 Å². The number of aryl methyl sites for hydroxylation is 1. The highest BCUT2D eigenvalue weighted by molar-refractivity contribution is 6.00. The number of ether oxygens (including phenoxy) is 4. The molecule has 170 valence electrons. The van der Waals surface area contributed by atoms with E-state index in [1.54, 1.807) is 6.92 Å². The largest absolute Gasteiger partial charge is 0.454 e. The zero-order valence-corrected chi connectivity index (χ0v) is 18.3. The van der Waals surface area contributed by atoms with Crippen LogP contribution in [0.3, 0.4) is 0 Å². The second-order valence-corrected chi connectivity index (χ2v) is 8.67. The number of hydrogen-bond donors (Lipinski definition) is 0. The molecule has 2 aromatic carbocycles. The van der Waals surface area contributed by atoms with Crippen LogP contribution in [0, 0.1) is 12.8 Å². The highest BCUT2D eigenvalue weighted by Crippen LogP contribution is 2.38. The first-order chi connectivity index (χ1) is 16.2. The first-order valence-corrected chi connectivity index (χ1v) is 11.2. The third-order valence-electron chi connectivity index (χ3n) is 6.57. The lowest BCUT2D eigenvalue weighted by atomic mass is 9.89. The van der Waals surface area contributed by atoms with Crippen LogP contribution in [-0.2, 0) is 6.42 Å². The summed E-state index contributed by atoms with van der Waals surface area (Å²) in [7, 11) is 0. The van der Waals surface area contributed by atoms with Crippen molar-refractivity contribution in [3.05, 3.63) is 53.2 Å². The topological polar surface area (TPSA) is 83.3 Å². The van der Waals surface area contributed by atoms with E-state index in [9.17, 15) is 4.79 Å². The minimum Gasteiger partial charge on any atom is -0.454 e.